The second-order valence-electron chi connectivity index (χ2n) is 5.02. The van der Waals surface area contributed by atoms with E-state index in [9.17, 15) is 5.11 Å². The van der Waals surface area contributed by atoms with Crippen LogP contribution in [0.1, 0.15) is 53.4 Å². The molecule has 0 aliphatic rings. The molecule has 0 aliphatic heterocycles. The van der Waals surface area contributed by atoms with Crippen molar-refractivity contribution in [3.8, 4) is 0 Å². The lowest BCUT2D eigenvalue weighted by Crippen LogP contribution is -2.46. The van der Waals surface area contributed by atoms with Crippen LogP contribution in [0.4, 0.5) is 0 Å². The molecule has 16 heavy (non-hydrogen) atoms. The van der Waals surface area contributed by atoms with E-state index in [4.69, 9.17) is 4.74 Å². The van der Waals surface area contributed by atoms with Crippen LogP contribution in [0.3, 0.4) is 0 Å². The second kappa shape index (κ2) is 8.97. The first-order chi connectivity index (χ1) is 7.54. The Bertz CT molecular complexity index is 162. The number of rotatable bonds is 10. The lowest BCUT2D eigenvalue weighted by atomic mass is 9.95. The van der Waals surface area contributed by atoms with Gasteiger partial charge in [0.1, 0.15) is 0 Å². The van der Waals surface area contributed by atoms with Crippen LogP contribution in [-0.2, 0) is 4.74 Å². The van der Waals surface area contributed by atoms with Crippen LogP contribution in [-0.4, -0.2) is 36.5 Å². The number of ether oxygens (including phenoxy) is 1. The zero-order valence-corrected chi connectivity index (χ0v) is 11.4. The Morgan fingerprint density at radius 1 is 1.31 bits per heavy atom. The van der Waals surface area contributed by atoms with Gasteiger partial charge in [-0.1, -0.05) is 6.92 Å². The smallest absolute Gasteiger partial charge is 0.0610 e. The van der Waals surface area contributed by atoms with Crippen molar-refractivity contribution in [2.45, 2.75) is 65.0 Å². The average molecular weight is 231 g/mol. The van der Waals surface area contributed by atoms with Crippen LogP contribution in [0.2, 0.25) is 0 Å². The zero-order valence-electron chi connectivity index (χ0n) is 11.4. The summed E-state index contributed by atoms with van der Waals surface area (Å²) in [6.45, 7) is 10.3. The van der Waals surface area contributed by atoms with E-state index in [0.717, 1.165) is 38.8 Å². The van der Waals surface area contributed by atoms with Crippen molar-refractivity contribution in [1.82, 2.24) is 5.32 Å². The van der Waals surface area contributed by atoms with Gasteiger partial charge in [-0.15, -0.1) is 0 Å². The normalized spacial score (nSPS) is 15.4. The number of hydrogen-bond donors (Lipinski definition) is 2. The fourth-order valence-corrected chi connectivity index (χ4v) is 1.59. The van der Waals surface area contributed by atoms with E-state index in [2.05, 4.69) is 33.0 Å². The second-order valence-corrected chi connectivity index (χ2v) is 5.02. The molecule has 0 saturated carbocycles. The molecule has 0 aliphatic carbocycles. The fraction of sp³-hybridized carbons (Fsp3) is 1.00. The Morgan fingerprint density at radius 3 is 2.50 bits per heavy atom. The topological polar surface area (TPSA) is 41.5 Å². The van der Waals surface area contributed by atoms with E-state index in [1.165, 1.54) is 0 Å². The number of nitrogens with one attached hydrogen (secondary N) is 1. The van der Waals surface area contributed by atoms with E-state index in [1.807, 2.05) is 0 Å². The molecule has 2 N–H and O–H groups in total. The number of aliphatic hydroxyl groups is 1. The Hall–Kier alpha value is -0.120. The number of hydrogen-bond acceptors (Lipinski definition) is 3. The summed E-state index contributed by atoms with van der Waals surface area (Å²) in [4.78, 5) is 0. The highest BCUT2D eigenvalue weighted by Crippen LogP contribution is 2.13. The van der Waals surface area contributed by atoms with Crippen LogP contribution in [0.15, 0.2) is 0 Å². The first-order valence-corrected chi connectivity index (χ1v) is 6.51. The third-order valence-electron chi connectivity index (χ3n) is 2.72. The molecule has 3 nitrogen and oxygen atoms in total. The molecule has 0 amide bonds. The summed E-state index contributed by atoms with van der Waals surface area (Å²) in [5.41, 5.74) is -0.117. The maximum atomic E-state index is 9.36. The van der Waals surface area contributed by atoms with Crippen LogP contribution in [0.5, 0.6) is 0 Å². The Kier molecular flexibility index (Phi) is 8.90. The molecule has 0 bridgehead atoms. The molecular weight excluding hydrogens is 202 g/mol. The monoisotopic (exact) mass is 231 g/mol. The third-order valence-corrected chi connectivity index (χ3v) is 2.72. The lowest BCUT2D eigenvalue weighted by molar-refractivity contribution is 0.0730. The predicted molar refractivity (Wildman–Crippen MR) is 68.7 cm³/mol. The Balaban J connectivity index is 3.61. The Labute approximate surface area is 101 Å². The van der Waals surface area contributed by atoms with Gasteiger partial charge in [-0.3, -0.25) is 0 Å². The molecule has 3 heteroatoms. The molecule has 98 valence electrons. The molecule has 0 aromatic heterocycles. The van der Waals surface area contributed by atoms with Crippen LogP contribution in [0, 0.1) is 0 Å². The van der Waals surface area contributed by atoms with E-state index in [-0.39, 0.29) is 12.1 Å². The summed E-state index contributed by atoms with van der Waals surface area (Å²) in [5, 5.41) is 12.8. The van der Waals surface area contributed by atoms with E-state index in [1.54, 1.807) is 0 Å². The quantitative estimate of drug-likeness (QED) is 0.567. The van der Waals surface area contributed by atoms with Crippen molar-refractivity contribution in [2.75, 3.05) is 19.8 Å². The summed E-state index contributed by atoms with van der Waals surface area (Å²) in [5.74, 6) is 0. The van der Waals surface area contributed by atoms with Crippen molar-refractivity contribution >= 4 is 0 Å². The molecule has 0 fully saturated rings. The molecule has 0 rings (SSSR count). The van der Waals surface area contributed by atoms with E-state index in [0.29, 0.717) is 6.10 Å². The summed E-state index contributed by atoms with van der Waals surface area (Å²) < 4.78 is 5.49. The minimum Gasteiger partial charge on any atom is -0.394 e. The summed E-state index contributed by atoms with van der Waals surface area (Å²) >= 11 is 0. The van der Waals surface area contributed by atoms with Crippen LogP contribution < -0.4 is 5.32 Å². The highest BCUT2D eigenvalue weighted by molar-refractivity contribution is 4.81. The molecule has 0 saturated heterocycles. The highest BCUT2D eigenvalue weighted by atomic mass is 16.5. The van der Waals surface area contributed by atoms with Gasteiger partial charge in [0.25, 0.3) is 0 Å². The van der Waals surface area contributed by atoms with E-state index >= 15 is 0 Å². The van der Waals surface area contributed by atoms with Gasteiger partial charge in [0.2, 0.25) is 0 Å². The van der Waals surface area contributed by atoms with Gasteiger partial charge >= 0.3 is 0 Å². The molecule has 0 aromatic rings. The van der Waals surface area contributed by atoms with Crippen molar-refractivity contribution < 1.29 is 9.84 Å². The average Bonchev–Trinajstić information content (AvgIpc) is 2.25. The van der Waals surface area contributed by atoms with Gasteiger partial charge in [0, 0.05) is 12.1 Å². The van der Waals surface area contributed by atoms with Gasteiger partial charge in [-0.2, -0.15) is 0 Å². The minimum absolute atomic E-state index is 0.117. The molecule has 0 aromatic carbocycles. The summed E-state index contributed by atoms with van der Waals surface area (Å²) in [6.07, 6.45) is 4.60. The summed E-state index contributed by atoms with van der Waals surface area (Å²) in [7, 11) is 0. The number of aliphatic hydroxyl groups excluding tert-OH is 1. The van der Waals surface area contributed by atoms with Gasteiger partial charge < -0.3 is 15.2 Å². The first-order valence-electron chi connectivity index (χ1n) is 6.51. The first kappa shape index (κ1) is 15.9. The van der Waals surface area contributed by atoms with Crippen LogP contribution in [0.25, 0.3) is 0 Å². The van der Waals surface area contributed by atoms with Gasteiger partial charge in [-0.05, 0) is 53.0 Å². The zero-order chi connectivity index (χ0) is 12.4. The lowest BCUT2D eigenvalue weighted by Gasteiger charge is -2.28. The van der Waals surface area contributed by atoms with Gasteiger partial charge in [0.05, 0.1) is 12.7 Å². The molecule has 1 unspecified atom stereocenters. The highest BCUT2D eigenvalue weighted by Gasteiger charge is 2.21. The molecule has 1 atom stereocenters. The van der Waals surface area contributed by atoms with E-state index < -0.39 is 0 Å². The van der Waals surface area contributed by atoms with Gasteiger partial charge in [-0.25, -0.2) is 0 Å². The standard InChI is InChI=1S/C13H29NO2/c1-5-9-14-13(4,11-15)8-6-7-10-16-12(2)3/h12,14-15H,5-11H2,1-4H3. The largest absolute Gasteiger partial charge is 0.394 e. The maximum Gasteiger partial charge on any atom is 0.0610 e. The van der Waals surface area contributed by atoms with Crippen LogP contribution >= 0.6 is 0 Å². The number of unbranched alkanes of at least 4 members (excludes halogenated alkanes) is 1. The molecule has 0 radical (unpaired) electrons. The predicted octanol–water partition coefficient (Wildman–Crippen LogP) is 2.33. The SMILES string of the molecule is CCCNC(C)(CO)CCCCOC(C)C. The van der Waals surface area contributed by atoms with Crippen molar-refractivity contribution in [3.63, 3.8) is 0 Å². The molecule has 0 heterocycles. The summed E-state index contributed by atoms with van der Waals surface area (Å²) in [6, 6.07) is 0. The van der Waals surface area contributed by atoms with Crippen molar-refractivity contribution in [1.29, 1.82) is 0 Å². The molecular formula is C13H29NO2. The third kappa shape index (κ3) is 8.08. The van der Waals surface area contributed by atoms with Gasteiger partial charge in [0.15, 0.2) is 0 Å². The molecule has 0 spiro atoms. The van der Waals surface area contributed by atoms with Crippen molar-refractivity contribution in [2.24, 2.45) is 0 Å². The van der Waals surface area contributed by atoms with Crippen molar-refractivity contribution in [3.05, 3.63) is 0 Å². The minimum atomic E-state index is -0.117. The Morgan fingerprint density at radius 2 is 2.00 bits per heavy atom. The maximum absolute atomic E-state index is 9.36. The fourth-order valence-electron chi connectivity index (χ4n) is 1.59.